The van der Waals surface area contributed by atoms with Gasteiger partial charge in [-0.3, -0.25) is 5.32 Å². The van der Waals surface area contributed by atoms with Gasteiger partial charge in [0.2, 0.25) is 0 Å². The quantitative estimate of drug-likeness (QED) is 0.583. The van der Waals surface area contributed by atoms with Crippen LogP contribution in [-0.2, 0) is 6.42 Å². The Kier molecular flexibility index (Phi) is 3.46. The summed E-state index contributed by atoms with van der Waals surface area (Å²) in [5, 5.41) is 6.10. The molecule has 3 heteroatoms. The number of hydrogen-bond donors (Lipinski definition) is 2. The van der Waals surface area contributed by atoms with E-state index in [0.717, 1.165) is 17.8 Å². The van der Waals surface area contributed by atoms with Gasteiger partial charge < -0.3 is 4.98 Å². The number of H-pyrrole nitrogens is 2. The molecular weight excluding hydrogens is 282 g/mol. The predicted molar refractivity (Wildman–Crippen MR) is 95.6 cm³/mol. The highest BCUT2D eigenvalue weighted by Crippen LogP contribution is 2.20. The van der Waals surface area contributed by atoms with E-state index in [1.54, 1.807) is 0 Å². The van der Waals surface area contributed by atoms with Crippen LogP contribution in [0.2, 0.25) is 0 Å². The molecule has 0 bridgehead atoms. The van der Waals surface area contributed by atoms with E-state index in [1.165, 1.54) is 21.9 Å². The van der Waals surface area contributed by atoms with Crippen molar-refractivity contribution in [1.29, 1.82) is 0 Å². The summed E-state index contributed by atoms with van der Waals surface area (Å²) in [6.07, 6.45) is 3.09. The van der Waals surface area contributed by atoms with E-state index in [-0.39, 0.29) is 0 Å². The summed E-state index contributed by atoms with van der Waals surface area (Å²) in [4.78, 5) is 6.80. The van der Waals surface area contributed by atoms with Crippen LogP contribution in [-0.4, -0.2) is 11.0 Å². The van der Waals surface area contributed by atoms with Crippen LogP contribution in [0, 0.1) is 0 Å². The van der Waals surface area contributed by atoms with Crippen molar-refractivity contribution in [2.24, 2.45) is 0 Å². The Morgan fingerprint density at radius 2 is 1.83 bits per heavy atom. The summed E-state index contributed by atoms with van der Waals surface area (Å²) in [6, 6.07) is 21.4. The smallest absolute Gasteiger partial charge is 0.272 e. The second kappa shape index (κ2) is 5.76. The van der Waals surface area contributed by atoms with Crippen LogP contribution in [0.5, 0.6) is 0 Å². The molecule has 2 heterocycles. The Morgan fingerprint density at radius 3 is 2.78 bits per heavy atom. The van der Waals surface area contributed by atoms with E-state index in [4.69, 9.17) is 0 Å². The van der Waals surface area contributed by atoms with Gasteiger partial charge >= 0.3 is 0 Å². The van der Waals surface area contributed by atoms with Crippen molar-refractivity contribution < 1.29 is 4.98 Å². The Balaban J connectivity index is 1.53. The van der Waals surface area contributed by atoms with E-state index in [9.17, 15) is 0 Å². The van der Waals surface area contributed by atoms with Gasteiger partial charge in [-0.25, -0.2) is 4.98 Å². The maximum Gasteiger partial charge on any atom is 0.272 e. The first kappa shape index (κ1) is 13.8. The minimum Gasteiger partial charge on any atom is -0.361 e. The maximum atomic E-state index is 3.57. The summed E-state index contributed by atoms with van der Waals surface area (Å²) < 4.78 is 0. The predicted octanol–water partition coefficient (Wildman–Crippen LogP) is 4.18. The van der Waals surface area contributed by atoms with Gasteiger partial charge in [0.1, 0.15) is 5.52 Å². The zero-order valence-corrected chi connectivity index (χ0v) is 13.1. The topological polar surface area (TPSA) is 42.0 Å². The Bertz CT molecular complexity index is 955. The summed E-state index contributed by atoms with van der Waals surface area (Å²) in [5.74, 6) is 1.05. The average Bonchev–Trinajstić information content (AvgIpc) is 2.98. The first-order valence-corrected chi connectivity index (χ1v) is 8.02. The molecule has 0 fully saturated rings. The van der Waals surface area contributed by atoms with Gasteiger partial charge in [0.15, 0.2) is 0 Å². The van der Waals surface area contributed by atoms with Crippen molar-refractivity contribution in [3.05, 3.63) is 72.4 Å². The molecule has 4 rings (SSSR count). The normalized spacial score (nSPS) is 12.6. The first-order valence-electron chi connectivity index (χ1n) is 8.02. The Morgan fingerprint density at radius 1 is 1.00 bits per heavy atom. The lowest BCUT2D eigenvalue weighted by atomic mass is 10.1. The minimum atomic E-state index is 0.339. The molecule has 0 aliphatic carbocycles. The molecule has 0 amide bonds. The SMILES string of the molecule is C[C@@H](Cc1c[nH]c2ccccc12)Nc1ccc2ccccc2[nH+]1. The van der Waals surface area contributed by atoms with Crippen molar-refractivity contribution in [3.63, 3.8) is 0 Å². The molecule has 0 unspecified atom stereocenters. The molecule has 0 aliphatic heterocycles. The molecule has 0 radical (unpaired) electrons. The summed E-state index contributed by atoms with van der Waals surface area (Å²) in [6.45, 7) is 2.21. The molecular formula is C20H20N3+. The van der Waals surface area contributed by atoms with E-state index < -0.39 is 0 Å². The largest absolute Gasteiger partial charge is 0.361 e. The van der Waals surface area contributed by atoms with Gasteiger partial charge in [0.05, 0.1) is 6.04 Å². The van der Waals surface area contributed by atoms with Gasteiger partial charge in [-0.15, -0.1) is 0 Å². The van der Waals surface area contributed by atoms with Crippen molar-refractivity contribution in [2.45, 2.75) is 19.4 Å². The fraction of sp³-hybridized carbons (Fsp3) is 0.150. The number of pyridine rings is 1. The van der Waals surface area contributed by atoms with E-state index in [0.29, 0.717) is 6.04 Å². The molecule has 0 saturated carbocycles. The second-order valence-electron chi connectivity index (χ2n) is 6.07. The molecule has 3 N–H and O–H groups in total. The molecule has 2 aromatic heterocycles. The van der Waals surface area contributed by atoms with Gasteiger partial charge in [0.25, 0.3) is 5.82 Å². The number of aromatic nitrogens is 2. The van der Waals surface area contributed by atoms with Crippen LogP contribution in [0.4, 0.5) is 5.82 Å². The average molecular weight is 302 g/mol. The van der Waals surface area contributed by atoms with Crippen molar-refractivity contribution in [1.82, 2.24) is 4.98 Å². The van der Waals surface area contributed by atoms with Crippen molar-refractivity contribution in [3.8, 4) is 0 Å². The Hall–Kier alpha value is -2.81. The maximum absolute atomic E-state index is 3.57. The van der Waals surface area contributed by atoms with Gasteiger partial charge in [-0.05, 0) is 30.7 Å². The van der Waals surface area contributed by atoms with Gasteiger partial charge in [0, 0.05) is 35.0 Å². The van der Waals surface area contributed by atoms with Crippen molar-refractivity contribution >= 4 is 27.6 Å². The summed E-state index contributed by atoms with van der Waals surface area (Å²) >= 11 is 0. The lowest BCUT2D eigenvalue weighted by Gasteiger charge is -2.09. The van der Waals surface area contributed by atoms with Gasteiger partial charge in [-0.1, -0.05) is 36.4 Å². The third kappa shape index (κ3) is 2.78. The summed E-state index contributed by atoms with van der Waals surface area (Å²) in [5.41, 5.74) is 3.70. The number of rotatable bonds is 4. The first-order chi connectivity index (χ1) is 11.3. The molecule has 0 spiro atoms. The highest BCUT2D eigenvalue weighted by atomic mass is 15.0. The molecule has 0 saturated heterocycles. The third-order valence-corrected chi connectivity index (χ3v) is 4.26. The van der Waals surface area contributed by atoms with E-state index in [1.807, 2.05) is 0 Å². The standard InChI is InChI=1S/C20H19N3/c1-14(12-16-13-21-19-9-5-3-7-17(16)19)22-20-11-10-15-6-2-4-8-18(15)23-20/h2-11,13-14,21H,12H2,1H3,(H,22,23)/p+1/t14-/m0/s1. The fourth-order valence-corrected chi connectivity index (χ4v) is 3.15. The van der Waals surface area contributed by atoms with E-state index in [2.05, 4.69) is 89.1 Å². The number of hydrogen-bond acceptors (Lipinski definition) is 1. The molecule has 0 aliphatic rings. The molecule has 2 aromatic carbocycles. The summed E-state index contributed by atoms with van der Waals surface area (Å²) in [7, 11) is 0. The zero-order valence-electron chi connectivity index (χ0n) is 13.1. The number of para-hydroxylation sites is 2. The van der Waals surface area contributed by atoms with Crippen LogP contribution in [0.3, 0.4) is 0 Å². The van der Waals surface area contributed by atoms with Crippen LogP contribution in [0.1, 0.15) is 12.5 Å². The zero-order chi connectivity index (χ0) is 15.6. The Labute approximate surface area is 135 Å². The minimum absolute atomic E-state index is 0.339. The highest BCUT2D eigenvalue weighted by Gasteiger charge is 2.13. The molecule has 3 nitrogen and oxygen atoms in total. The van der Waals surface area contributed by atoms with Gasteiger partial charge in [-0.2, -0.15) is 0 Å². The third-order valence-electron chi connectivity index (χ3n) is 4.26. The molecule has 114 valence electrons. The molecule has 4 aromatic rings. The lowest BCUT2D eigenvalue weighted by molar-refractivity contribution is -0.327. The van der Waals surface area contributed by atoms with Crippen molar-refractivity contribution in [2.75, 3.05) is 5.32 Å². The molecule has 1 atom stereocenters. The van der Waals surface area contributed by atoms with Crippen LogP contribution in [0.25, 0.3) is 21.8 Å². The number of nitrogens with one attached hydrogen (secondary N) is 3. The second-order valence-corrected chi connectivity index (χ2v) is 6.07. The molecule has 23 heavy (non-hydrogen) atoms. The van der Waals surface area contributed by atoms with E-state index >= 15 is 0 Å². The highest BCUT2D eigenvalue weighted by molar-refractivity contribution is 5.83. The number of aromatic amines is 2. The monoisotopic (exact) mass is 302 g/mol. The van der Waals surface area contributed by atoms with Crippen LogP contribution < -0.4 is 10.3 Å². The fourth-order valence-electron chi connectivity index (χ4n) is 3.15. The number of benzene rings is 2. The number of fused-ring (bicyclic) bond motifs is 2. The van der Waals surface area contributed by atoms with Crippen LogP contribution in [0.15, 0.2) is 66.9 Å². The number of anilines is 1. The lowest BCUT2D eigenvalue weighted by Crippen LogP contribution is -2.23. The van der Waals surface area contributed by atoms with Crippen LogP contribution >= 0.6 is 0 Å².